The van der Waals surface area contributed by atoms with Gasteiger partial charge in [0.15, 0.2) is 0 Å². The van der Waals surface area contributed by atoms with Crippen LogP contribution in [0.25, 0.3) is 10.8 Å². The molecule has 28 heavy (non-hydrogen) atoms. The topological polar surface area (TPSA) is 0 Å². The van der Waals surface area contributed by atoms with Crippen LogP contribution in [-0.4, -0.2) is 0 Å². The zero-order valence-electron chi connectivity index (χ0n) is 16.9. The molecule has 0 spiro atoms. The van der Waals surface area contributed by atoms with E-state index in [1.54, 1.807) is 0 Å². The molecule has 0 saturated carbocycles. The maximum atomic E-state index is 3.05. The highest BCUT2D eigenvalue weighted by molar-refractivity contribution is 5.83. The normalized spacial score (nSPS) is 7.21. The third kappa shape index (κ3) is 11.6. The van der Waals surface area contributed by atoms with Crippen LogP contribution in [0.1, 0.15) is 67.5 Å². The summed E-state index contributed by atoms with van der Waals surface area (Å²) in [6.07, 6.45) is 0. The van der Waals surface area contributed by atoms with Gasteiger partial charge in [-0.15, -0.1) is 11.8 Å². The van der Waals surface area contributed by atoms with Crippen LogP contribution >= 0.6 is 0 Å². The molecule has 0 bridgehead atoms. The minimum Gasteiger partial charge on any atom is -0.101 e. The summed E-state index contributed by atoms with van der Waals surface area (Å²) in [4.78, 5) is 0. The van der Waals surface area contributed by atoms with Crippen molar-refractivity contribution in [3.8, 4) is 23.7 Å². The number of hydrogen-bond acceptors (Lipinski definition) is 0. The molecule has 0 nitrogen and oxygen atoms in total. The number of fused-ring (bicyclic) bond motifs is 1. The van der Waals surface area contributed by atoms with E-state index < -0.39 is 0 Å². The fourth-order valence-corrected chi connectivity index (χ4v) is 2.08. The largest absolute Gasteiger partial charge is 0.101 e. The molecule has 0 aliphatic rings. The van der Waals surface area contributed by atoms with Crippen LogP contribution in [-0.2, 0) is 0 Å². The minimum atomic E-state index is 0. The SMILES string of the molecule is C.C.CC.CC.CC#Cc1ccc2ccccc2c1.CC#Cc1ccccc1. The molecule has 0 unspecified atom stereocenters. The molecule has 0 heteroatoms. The fourth-order valence-electron chi connectivity index (χ4n) is 2.08. The van der Waals surface area contributed by atoms with Crippen LogP contribution in [0.5, 0.6) is 0 Å². The lowest BCUT2D eigenvalue weighted by molar-refractivity contribution is 1.50. The van der Waals surface area contributed by atoms with Gasteiger partial charge >= 0.3 is 0 Å². The van der Waals surface area contributed by atoms with Gasteiger partial charge in [0.05, 0.1) is 0 Å². The Balaban J connectivity index is -0.000000371. The van der Waals surface area contributed by atoms with E-state index >= 15 is 0 Å². The summed E-state index contributed by atoms with van der Waals surface area (Å²) in [5.41, 5.74) is 2.17. The lowest BCUT2D eigenvalue weighted by Crippen LogP contribution is -1.75. The van der Waals surface area contributed by atoms with Gasteiger partial charge in [0.25, 0.3) is 0 Å². The van der Waals surface area contributed by atoms with Crippen LogP contribution in [0.4, 0.5) is 0 Å². The molecule has 0 amide bonds. The summed E-state index contributed by atoms with van der Waals surface area (Å²) in [5, 5.41) is 2.52. The Labute approximate surface area is 175 Å². The summed E-state index contributed by atoms with van der Waals surface area (Å²) in [6.45, 7) is 11.7. The second-order valence-electron chi connectivity index (χ2n) is 4.68. The summed E-state index contributed by atoms with van der Waals surface area (Å²) in [7, 11) is 0. The first-order valence-corrected chi connectivity index (χ1v) is 9.23. The summed E-state index contributed by atoms with van der Waals surface area (Å²) in [5.74, 6) is 11.7. The third-order valence-corrected chi connectivity index (χ3v) is 3.06. The predicted octanol–water partition coefficient (Wildman–Crippen LogP) is 8.59. The van der Waals surface area contributed by atoms with E-state index in [0.717, 1.165) is 11.1 Å². The van der Waals surface area contributed by atoms with Crippen molar-refractivity contribution in [2.24, 2.45) is 0 Å². The average molecular weight is 375 g/mol. The van der Waals surface area contributed by atoms with E-state index in [2.05, 4.69) is 54.0 Å². The first-order chi connectivity index (χ1) is 12.8. The molecule has 3 aromatic rings. The predicted molar refractivity (Wildman–Crippen MR) is 132 cm³/mol. The summed E-state index contributed by atoms with van der Waals surface area (Å²) >= 11 is 0. The van der Waals surface area contributed by atoms with Gasteiger partial charge in [-0.1, -0.05) is 103 Å². The van der Waals surface area contributed by atoms with Crippen LogP contribution in [0.3, 0.4) is 0 Å². The maximum Gasteiger partial charge on any atom is 0.0251 e. The first-order valence-electron chi connectivity index (χ1n) is 9.23. The highest BCUT2D eigenvalue weighted by Gasteiger charge is 1.91. The summed E-state index contributed by atoms with van der Waals surface area (Å²) in [6, 6.07) is 24.5. The summed E-state index contributed by atoms with van der Waals surface area (Å²) < 4.78 is 0. The van der Waals surface area contributed by atoms with Crippen LogP contribution < -0.4 is 0 Å². The zero-order valence-corrected chi connectivity index (χ0v) is 16.9. The van der Waals surface area contributed by atoms with Gasteiger partial charge in [0, 0.05) is 11.1 Å². The average Bonchev–Trinajstić information content (AvgIpc) is 2.73. The highest BCUT2D eigenvalue weighted by atomic mass is 14.0. The number of benzene rings is 3. The molecular weight excluding hydrogens is 336 g/mol. The Morgan fingerprint density at radius 3 is 1.50 bits per heavy atom. The van der Waals surface area contributed by atoms with Gasteiger partial charge in [0.2, 0.25) is 0 Å². The Kier molecular flexibility index (Phi) is 21.7. The molecule has 0 fully saturated rings. The van der Waals surface area contributed by atoms with Gasteiger partial charge in [0.1, 0.15) is 0 Å². The zero-order chi connectivity index (χ0) is 19.6. The van der Waals surface area contributed by atoms with Crippen molar-refractivity contribution in [3.63, 3.8) is 0 Å². The Hall–Kier alpha value is -2.96. The second-order valence-corrected chi connectivity index (χ2v) is 4.68. The van der Waals surface area contributed by atoms with Crippen LogP contribution in [0.2, 0.25) is 0 Å². The Morgan fingerprint density at radius 1 is 0.500 bits per heavy atom. The minimum absolute atomic E-state index is 0. The molecule has 0 aliphatic heterocycles. The molecule has 0 saturated heterocycles. The fraction of sp³-hybridized carbons (Fsp3) is 0.286. The van der Waals surface area contributed by atoms with E-state index in [4.69, 9.17) is 0 Å². The van der Waals surface area contributed by atoms with E-state index in [0.29, 0.717) is 0 Å². The third-order valence-electron chi connectivity index (χ3n) is 3.06. The van der Waals surface area contributed by atoms with Crippen molar-refractivity contribution in [1.82, 2.24) is 0 Å². The van der Waals surface area contributed by atoms with Crippen molar-refractivity contribution in [1.29, 1.82) is 0 Å². The van der Waals surface area contributed by atoms with Gasteiger partial charge in [-0.05, 0) is 48.9 Å². The maximum absolute atomic E-state index is 3.05. The van der Waals surface area contributed by atoms with E-state index in [9.17, 15) is 0 Å². The van der Waals surface area contributed by atoms with Crippen LogP contribution in [0.15, 0.2) is 72.8 Å². The lowest BCUT2D eigenvalue weighted by atomic mass is 10.1. The number of rotatable bonds is 0. The van der Waals surface area contributed by atoms with Crippen molar-refractivity contribution >= 4 is 10.8 Å². The van der Waals surface area contributed by atoms with Crippen molar-refractivity contribution in [3.05, 3.63) is 83.9 Å². The lowest BCUT2D eigenvalue weighted by Gasteiger charge is -1.96. The highest BCUT2D eigenvalue weighted by Crippen LogP contribution is 2.14. The van der Waals surface area contributed by atoms with Crippen LogP contribution in [0, 0.1) is 23.7 Å². The monoisotopic (exact) mass is 374 g/mol. The van der Waals surface area contributed by atoms with E-state index in [-0.39, 0.29) is 14.9 Å². The molecule has 0 atom stereocenters. The van der Waals surface area contributed by atoms with Gasteiger partial charge in [-0.25, -0.2) is 0 Å². The number of hydrogen-bond donors (Lipinski definition) is 0. The van der Waals surface area contributed by atoms with Crippen molar-refractivity contribution < 1.29 is 0 Å². The molecular formula is C28H38. The Bertz CT molecular complexity index is 850. The van der Waals surface area contributed by atoms with E-state index in [1.165, 1.54) is 10.8 Å². The molecule has 0 heterocycles. The molecule has 0 N–H and O–H groups in total. The first kappa shape index (κ1) is 29.8. The molecule has 150 valence electrons. The Morgan fingerprint density at radius 2 is 0.964 bits per heavy atom. The van der Waals surface area contributed by atoms with Gasteiger partial charge < -0.3 is 0 Å². The molecule has 0 aromatic heterocycles. The molecule has 3 aromatic carbocycles. The molecule has 0 aliphatic carbocycles. The second kappa shape index (κ2) is 20.4. The standard InChI is InChI=1S/C13H10.C9H8.2C2H6.2CH4/c1-2-5-11-8-9-12-6-3-4-7-13(12)10-11;1-2-6-9-7-4-3-5-8-9;2*1-2;;/h3-4,6-10H,1H3;3-5,7-8H,1H3;2*1-2H3;2*1H4. The molecule has 0 radical (unpaired) electrons. The van der Waals surface area contributed by atoms with Gasteiger partial charge in [-0.3, -0.25) is 0 Å². The van der Waals surface area contributed by atoms with Crippen molar-refractivity contribution in [2.45, 2.75) is 56.4 Å². The van der Waals surface area contributed by atoms with E-state index in [1.807, 2.05) is 84.0 Å². The van der Waals surface area contributed by atoms with Crippen molar-refractivity contribution in [2.75, 3.05) is 0 Å². The smallest absolute Gasteiger partial charge is 0.0251 e. The van der Waals surface area contributed by atoms with Gasteiger partial charge in [-0.2, -0.15) is 0 Å². The molecule has 3 rings (SSSR count). The quantitative estimate of drug-likeness (QED) is 0.345.